The molecule has 0 radical (unpaired) electrons. The fourth-order valence-corrected chi connectivity index (χ4v) is 4.63. The summed E-state index contributed by atoms with van der Waals surface area (Å²) in [4.78, 5) is 23.2. The van der Waals surface area contributed by atoms with Crippen molar-refractivity contribution in [3.63, 3.8) is 0 Å². The maximum Gasteiger partial charge on any atom is 0.240 e. The van der Waals surface area contributed by atoms with Crippen LogP contribution in [0, 0.1) is 5.92 Å². The number of carbonyl (C=O) groups excluding carboxylic acids is 1. The second kappa shape index (κ2) is 7.62. The van der Waals surface area contributed by atoms with Crippen LogP contribution >= 0.6 is 22.7 Å². The zero-order valence-corrected chi connectivity index (χ0v) is 16.8. The lowest BCUT2D eigenvalue weighted by Gasteiger charge is -2.21. The van der Waals surface area contributed by atoms with Crippen LogP contribution in [-0.2, 0) is 11.3 Å². The zero-order valence-electron chi connectivity index (χ0n) is 15.1. The fourth-order valence-electron chi connectivity index (χ4n) is 3.15. The van der Waals surface area contributed by atoms with Crippen molar-refractivity contribution in [2.75, 3.05) is 0 Å². The van der Waals surface area contributed by atoms with Crippen LogP contribution in [0.25, 0.3) is 22.6 Å². The molecule has 1 aromatic carbocycles. The van der Waals surface area contributed by atoms with Gasteiger partial charge in [0.25, 0.3) is 0 Å². The van der Waals surface area contributed by atoms with E-state index in [1.165, 1.54) is 16.2 Å². The van der Waals surface area contributed by atoms with Crippen molar-refractivity contribution in [1.82, 2.24) is 19.9 Å². The highest BCUT2D eigenvalue weighted by Crippen LogP contribution is 2.27. The topological polar surface area (TPSA) is 59.8 Å². The van der Waals surface area contributed by atoms with Crippen LogP contribution in [0.5, 0.6) is 0 Å². The summed E-state index contributed by atoms with van der Waals surface area (Å²) in [5.74, 6) is 1.01. The lowest BCUT2D eigenvalue weighted by molar-refractivity contribution is -0.122. The number of benzene rings is 1. The van der Waals surface area contributed by atoms with Gasteiger partial charge in [0.2, 0.25) is 5.91 Å². The molecule has 7 heteroatoms. The largest absolute Gasteiger partial charge is 0.347 e. The molecule has 0 unspecified atom stereocenters. The Hall–Kier alpha value is -2.51. The van der Waals surface area contributed by atoms with Crippen molar-refractivity contribution in [3.8, 4) is 11.5 Å². The molecule has 3 aromatic heterocycles. The Morgan fingerprint density at radius 3 is 2.78 bits per heavy atom. The fraction of sp³-hybridized carbons (Fsp3) is 0.250. The first kappa shape index (κ1) is 17.9. The summed E-state index contributed by atoms with van der Waals surface area (Å²) in [6, 6.07) is 12.0. The van der Waals surface area contributed by atoms with Gasteiger partial charge in [0.05, 0.1) is 22.6 Å². The molecule has 0 spiro atoms. The van der Waals surface area contributed by atoms with Crippen molar-refractivity contribution in [2.45, 2.75) is 26.4 Å². The second-order valence-corrected chi connectivity index (χ2v) is 8.39. The molecule has 27 heavy (non-hydrogen) atoms. The van der Waals surface area contributed by atoms with E-state index in [-0.39, 0.29) is 18.5 Å². The highest BCUT2D eigenvalue weighted by atomic mass is 32.1. The molecule has 4 rings (SSSR count). The van der Waals surface area contributed by atoms with Gasteiger partial charge in [0.1, 0.15) is 12.2 Å². The van der Waals surface area contributed by atoms with Gasteiger partial charge in [-0.25, -0.2) is 9.97 Å². The van der Waals surface area contributed by atoms with Gasteiger partial charge >= 0.3 is 0 Å². The number of thiazole rings is 1. The average molecular weight is 397 g/mol. The third-order valence-electron chi connectivity index (χ3n) is 4.45. The van der Waals surface area contributed by atoms with Crippen LogP contribution in [0.4, 0.5) is 0 Å². The summed E-state index contributed by atoms with van der Waals surface area (Å²) in [5.41, 5.74) is 4.38. The van der Waals surface area contributed by atoms with Crippen molar-refractivity contribution in [1.29, 1.82) is 0 Å². The summed E-state index contributed by atoms with van der Waals surface area (Å²) < 4.78 is 1.95. The first-order valence-electron chi connectivity index (χ1n) is 8.80. The first-order valence-corrected chi connectivity index (χ1v) is 10.6. The molecule has 1 N–H and O–H groups in total. The van der Waals surface area contributed by atoms with Gasteiger partial charge in [0, 0.05) is 10.3 Å². The molecular weight excluding hydrogens is 376 g/mol. The molecule has 138 valence electrons. The minimum atomic E-state index is -0.0262. The number of para-hydroxylation sites is 2. The Morgan fingerprint density at radius 1 is 1.22 bits per heavy atom. The number of nitrogens with zero attached hydrogens (tertiary/aromatic N) is 3. The van der Waals surface area contributed by atoms with Crippen LogP contribution in [0.1, 0.15) is 24.8 Å². The lowest BCUT2D eigenvalue weighted by Crippen LogP contribution is -2.33. The maximum atomic E-state index is 12.9. The van der Waals surface area contributed by atoms with E-state index >= 15 is 0 Å². The highest BCUT2D eigenvalue weighted by molar-refractivity contribution is 7.10. The van der Waals surface area contributed by atoms with Gasteiger partial charge in [-0.3, -0.25) is 4.79 Å². The zero-order chi connectivity index (χ0) is 18.8. The molecule has 5 nitrogen and oxygen atoms in total. The molecule has 0 fully saturated rings. The molecular formula is C20H20N4OS2. The number of amides is 1. The van der Waals surface area contributed by atoms with Gasteiger partial charge < -0.3 is 9.88 Å². The van der Waals surface area contributed by atoms with Crippen LogP contribution in [-0.4, -0.2) is 20.4 Å². The lowest BCUT2D eigenvalue weighted by atomic mass is 10.0. The van der Waals surface area contributed by atoms with Gasteiger partial charge in [0.15, 0.2) is 5.82 Å². The van der Waals surface area contributed by atoms with Crippen LogP contribution in [0.15, 0.2) is 52.7 Å². The van der Waals surface area contributed by atoms with Crippen molar-refractivity contribution < 1.29 is 4.79 Å². The molecule has 0 saturated heterocycles. The third-order valence-corrected chi connectivity index (χ3v) is 5.99. The number of fused-ring (bicyclic) bond motifs is 1. The van der Waals surface area contributed by atoms with E-state index in [0.29, 0.717) is 5.92 Å². The smallest absolute Gasteiger partial charge is 0.240 e. The van der Waals surface area contributed by atoms with Crippen molar-refractivity contribution in [2.24, 2.45) is 5.92 Å². The number of rotatable bonds is 6. The van der Waals surface area contributed by atoms with E-state index in [4.69, 9.17) is 4.98 Å². The van der Waals surface area contributed by atoms with E-state index in [1.807, 2.05) is 45.7 Å². The van der Waals surface area contributed by atoms with E-state index in [2.05, 4.69) is 30.2 Å². The Balaban J connectivity index is 1.65. The Labute approximate surface area is 165 Å². The summed E-state index contributed by atoms with van der Waals surface area (Å²) in [6.07, 6.45) is 0. The van der Waals surface area contributed by atoms with Gasteiger partial charge in [-0.2, -0.15) is 0 Å². The number of thiophene rings is 1. The normalized spacial score (nSPS) is 12.6. The minimum Gasteiger partial charge on any atom is -0.347 e. The summed E-state index contributed by atoms with van der Waals surface area (Å²) in [6.45, 7) is 4.46. The Morgan fingerprint density at radius 2 is 2.07 bits per heavy atom. The predicted octanol–water partition coefficient (Wildman–Crippen LogP) is 4.73. The van der Waals surface area contributed by atoms with E-state index < -0.39 is 0 Å². The standard InChI is InChI=1S/C20H20N4OS2/c1-13(2)19(17-8-5-9-27-17)23-18(25)10-24-16-7-4-3-6-14(16)22-20(24)15-11-26-12-21-15/h3-9,11-13,19H,10H2,1-2H3,(H,23,25)/t19-/m0/s1. The van der Waals surface area contributed by atoms with Gasteiger partial charge in [-0.15, -0.1) is 22.7 Å². The minimum absolute atomic E-state index is 0.00927. The second-order valence-electron chi connectivity index (χ2n) is 6.69. The number of nitrogens with one attached hydrogen (secondary N) is 1. The Kier molecular flexibility index (Phi) is 5.05. The number of hydrogen-bond acceptors (Lipinski definition) is 5. The molecule has 0 saturated carbocycles. The van der Waals surface area contributed by atoms with E-state index in [9.17, 15) is 4.79 Å². The van der Waals surface area contributed by atoms with Crippen molar-refractivity contribution >= 4 is 39.6 Å². The monoisotopic (exact) mass is 396 g/mol. The number of imidazole rings is 1. The summed E-state index contributed by atoms with van der Waals surface area (Å²) >= 11 is 3.19. The summed E-state index contributed by atoms with van der Waals surface area (Å²) in [5, 5.41) is 7.20. The Bertz CT molecular complexity index is 1040. The number of aromatic nitrogens is 3. The first-order chi connectivity index (χ1) is 13.1. The molecule has 0 aliphatic rings. The van der Waals surface area contributed by atoms with Gasteiger partial charge in [-0.1, -0.05) is 32.0 Å². The number of hydrogen-bond donors (Lipinski definition) is 1. The number of carbonyl (C=O) groups is 1. The van der Waals surface area contributed by atoms with E-state index in [0.717, 1.165) is 22.6 Å². The van der Waals surface area contributed by atoms with E-state index in [1.54, 1.807) is 16.8 Å². The predicted molar refractivity (Wildman–Crippen MR) is 111 cm³/mol. The maximum absolute atomic E-state index is 12.9. The van der Waals surface area contributed by atoms with Crippen molar-refractivity contribution in [3.05, 3.63) is 57.5 Å². The van der Waals surface area contributed by atoms with Crippen LogP contribution < -0.4 is 5.32 Å². The molecule has 4 aromatic rings. The molecule has 1 amide bonds. The molecule has 3 heterocycles. The SMILES string of the molecule is CC(C)[C@H](NC(=O)Cn1c(-c2cscn2)nc2ccccc21)c1cccs1. The quantitative estimate of drug-likeness (QED) is 0.512. The highest BCUT2D eigenvalue weighted by Gasteiger charge is 2.21. The average Bonchev–Trinajstić information content (AvgIpc) is 3.40. The molecule has 0 aliphatic carbocycles. The van der Waals surface area contributed by atoms with Crippen LogP contribution in [0.2, 0.25) is 0 Å². The molecule has 1 atom stereocenters. The molecule has 0 aliphatic heterocycles. The van der Waals surface area contributed by atoms with Gasteiger partial charge in [-0.05, 0) is 29.5 Å². The summed E-state index contributed by atoms with van der Waals surface area (Å²) in [7, 11) is 0. The van der Waals surface area contributed by atoms with Crippen LogP contribution in [0.3, 0.4) is 0 Å². The molecule has 0 bridgehead atoms. The third kappa shape index (κ3) is 3.65.